The fraction of sp³-hybridized carbons (Fsp3) is 0.333. The van der Waals surface area contributed by atoms with Crippen molar-refractivity contribution in [3.8, 4) is 11.9 Å². The molecule has 0 spiro atoms. The maximum Gasteiger partial charge on any atom is 0.417 e. The van der Waals surface area contributed by atoms with E-state index in [1.807, 2.05) is 69.3 Å². The summed E-state index contributed by atoms with van der Waals surface area (Å²) < 4.78 is 7.88. The number of hydrogen-bond acceptors (Lipinski definition) is 5. The lowest BCUT2D eigenvalue weighted by molar-refractivity contribution is 0.0939. The van der Waals surface area contributed by atoms with E-state index in [0.29, 0.717) is 59.3 Å². The van der Waals surface area contributed by atoms with Crippen molar-refractivity contribution >= 4 is 46.0 Å². The molecule has 3 aromatic carbocycles. The molecule has 0 unspecified atom stereocenters. The molecule has 46 heavy (non-hydrogen) atoms. The van der Waals surface area contributed by atoms with Crippen molar-refractivity contribution in [2.75, 3.05) is 18.9 Å². The van der Waals surface area contributed by atoms with Crippen LogP contribution >= 0.6 is 11.6 Å². The van der Waals surface area contributed by atoms with Crippen LogP contribution in [0.2, 0.25) is 5.02 Å². The van der Waals surface area contributed by atoms with Crippen LogP contribution in [-0.4, -0.2) is 36.0 Å². The first kappa shape index (κ1) is 34.1. The highest BCUT2D eigenvalue weighted by Crippen LogP contribution is 2.37. The summed E-state index contributed by atoms with van der Waals surface area (Å²) in [6.07, 6.45) is 2.04. The van der Waals surface area contributed by atoms with Crippen molar-refractivity contribution in [1.82, 2.24) is 15.2 Å². The molecule has 0 radical (unpaired) electrons. The molecule has 240 valence electrons. The average molecular weight is 641 g/mol. The van der Waals surface area contributed by atoms with E-state index in [0.717, 1.165) is 16.8 Å². The first-order valence-corrected chi connectivity index (χ1v) is 15.5. The van der Waals surface area contributed by atoms with Crippen LogP contribution in [0.1, 0.15) is 62.7 Å². The largest absolute Gasteiger partial charge is 0.417 e. The summed E-state index contributed by atoms with van der Waals surface area (Å²) in [6, 6.07) is 22.2. The Kier molecular flexibility index (Phi) is 10.8. The number of ketones is 1. The first-order chi connectivity index (χ1) is 21.8. The molecule has 1 aromatic heterocycles. The molecular formula is C36H41ClN6O3. The van der Waals surface area contributed by atoms with Crippen molar-refractivity contribution in [2.45, 2.75) is 54.0 Å². The molecule has 0 fully saturated rings. The van der Waals surface area contributed by atoms with Gasteiger partial charge in [0, 0.05) is 59.4 Å². The Morgan fingerprint density at radius 2 is 1.70 bits per heavy atom. The Labute approximate surface area is 275 Å². The van der Waals surface area contributed by atoms with E-state index in [1.165, 1.54) is 0 Å². The summed E-state index contributed by atoms with van der Waals surface area (Å²) in [7, 11) is 1.70. The maximum atomic E-state index is 14.2. The minimum atomic E-state index is -0.625. The van der Waals surface area contributed by atoms with Crippen molar-refractivity contribution in [2.24, 2.45) is 15.8 Å². The zero-order valence-electron chi connectivity index (χ0n) is 27.2. The van der Waals surface area contributed by atoms with Gasteiger partial charge in [0.15, 0.2) is 5.78 Å². The molecule has 0 bridgehead atoms. The summed E-state index contributed by atoms with van der Waals surface area (Å²) >= 11 is 6.20. The Bertz CT molecular complexity index is 1760. The van der Waals surface area contributed by atoms with Crippen molar-refractivity contribution in [3.05, 3.63) is 94.6 Å². The molecule has 4 aromatic rings. The van der Waals surface area contributed by atoms with E-state index < -0.39 is 6.09 Å². The highest BCUT2D eigenvalue weighted by atomic mass is 35.5. The maximum absolute atomic E-state index is 14.2. The third-order valence-corrected chi connectivity index (χ3v) is 7.63. The van der Waals surface area contributed by atoms with Gasteiger partial charge in [0.1, 0.15) is 5.75 Å². The predicted octanol–water partition coefficient (Wildman–Crippen LogP) is 7.79. The van der Waals surface area contributed by atoms with E-state index in [-0.39, 0.29) is 16.6 Å². The van der Waals surface area contributed by atoms with Gasteiger partial charge in [-0.05, 0) is 65.3 Å². The number of rotatable bonds is 10. The topological polar surface area (TPSA) is 121 Å². The van der Waals surface area contributed by atoms with Gasteiger partial charge in [0.05, 0.1) is 0 Å². The molecule has 0 atom stereocenters. The van der Waals surface area contributed by atoms with Gasteiger partial charge in [0.25, 0.3) is 0 Å². The Morgan fingerprint density at radius 1 is 1.00 bits per heavy atom. The molecule has 10 heteroatoms. The standard InChI is InChI=1S/C36H41ClN6O3/c1-35(2,3)20-31(44)32-28-18-27(46-34(45)42-26-10-8-7-9-11-26)16-17-29(28)43(21-24-12-14-25(37)15-13-24)30(32)19-36(4,5)22-40-33(39-6)41-23-38/h7-18H,19-22H2,1-6H3,(H,42,45)(H2,39,40,41). The summed E-state index contributed by atoms with van der Waals surface area (Å²) in [5.74, 6) is 0.712. The number of aromatic nitrogens is 1. The van der Waals surface area contributed by atoms with Crippen LogP contribution in [0.25, 0.3) is 10.9 Å². The lowest BCUT2D eigenvalue weighted by Crippen LogP contribution is -2.41. The molecule has 1 heterocycles. The Balaban J connectivity index is 1.83. The molecule has 0 aliphatic rings. The number of hydrogen-bond donors (Lipinski definition) is 3. The van der Waals surface area contributed by atoms with E-state index in [4.69, 9.17) is 21.6 Å². The number of nitrogens with one attached hydrogen (secondary N) is 3. The van der Waals surface area contributed by atoms with Crippen LogP contribution < -0.4 is 20.7 Å². The second-order valence-corrected chi connectivity index (χ2v) is 13.7. The fourth-order valence-electron chi connectivity index (χ4n) is 5.31. The summed E-state index contributed by atoms with van der Waals surface area (Å²) in [6.45, 7) is 11.3. The number of fused-ring (bicyclic) bond motifs is 1. The lowest BCUT2D eigenvalue weighted by atomic mass is 9.83. The van der Waals surface area contributed by atoms with Gasteiger partial charge < -0.3 is 19.9 Å². The van der Waals surface area contributed by atoms with E-state index in [1.54, 1.807) is 37.5 Å². The number of guanidine groups is 1. The molecule has 0 saturated heterocycles. The van der Waals surface area contributed by atoms with Crippen LogP contribution in [0.4, 0.5) is 10.5 Å². The van der Waals surface area contributed by atoms with Crippen LogP contribution in [-0.2, 0) is 13.0 Å². The monoisotopic (exact) mass is 640 g/mol. The van der Waals surface area contributed by atoms with Gasteiger partial charge in [-0.25, -0.2) is 4.79 Å². The van der Waals surface area contributed by atoms with Crippen molar-refractivity contribution in [1.29, 1.82) is 5.26 Å². The van der Waals surface area contributed by atoms with Gasteiger partial charge in [-0.3, -0.25) is 10.1 Å². The third kappa shape index (κ3) is 9.11. The smallest absolute Gasteiger partial charge is 0.410 e. The number of carbonyl (C=O) groups is 2. The first-order valence-electron chi connectivity index (χ1n) is 15.1. The van der Waals surface area contributed by atoms with Crippen molar-refractivity contribution in [3.63, 3.8) is 0 Å². The Morgan fingerprint density at radius 3 is 2.33 bits per heavy atom. The number of para-hydroxylation sites is 1. The van der Waals surface area contributed by atoms with Gasteiger partial charge in [0.2, 0.25) is 12.2 Å². The van der Waals surface area contributed by atoms with E-state index in [2.05, 4.69) is 39.4 Å². The molecule has 1 amide bonds. The number of aliphatic imine (C=N–C) groups is 1. The fourth-order valence-corrected chi connectivity index (χ4v) is 5.44. The molecule has 0 aliphatic heterocycles. The second kappa shape index (κ2) is 14.5. The number of nitriles is 1. The minimum Gasteiger partial charge on any atom is -0.410 e. The van der Waals surface area contributed by atoms with Gasteiger partial charge in [-0.2, -0.15) is 5.26 Å². The normalized spacial score (nSPS) is 12.0. The number of ether oxygens (including phenoxy) is 1. The predicted molar refractivity (Wildman–Crippen MR) is 185 cm³/mol. The molecule has 0 aliphatic carbocycles. The number of benzene rings is 3. The summed E-state index contributed by atoms with van der Waals surface area (Å²) in [4.78, 5) is 30.8. The second-order valence-electron chi connectivity index (χ2n) is 13.3. The summed E-state index contributed by atoms with van der Waals surface area (Å²) in [5, 5.41) is 19.3. The number of anilines is 1. The Hall–Kier alpha value is -4.81. The lowest BCUT2D eigenvalue weighted by Gasteiger charge is -2.27. The number of Topliss-reactive ketones (excluding diaryl/α,β-unsaturated/α-hetero) is 1. The molecule has 4 rings (SSSR count). The van der Waals surface area contributed by atoms with E-state index in [9.17, 15) is 9.59 Å². The minimum absolute atomic E-state index is 0.0129. The van der Waals surface area contributed by atoms with Crippen LogP contribution in [0, 0.1) is 22.3 Å². The van der Waals surface area contributed by atoms with Crippen LogP contribution in [0.3, 0.4) is 0 Å². The number of amides is 1. The molecule has 9 nitrogen and oxygen atoms in total. The number of nitrogens with zero attached hydrogens (tertiary/aromatic N) is 3. The van der Waals surface area contributed by atoms with E-state index >= 15 is 0 Å². The van der Waals surface area contributed by atoms with Crippen LogP contribution in [0.15, 0.2) is 77.8 Å². The number of carbonyl (C=O) groups excluding carboxylic acids is 2. The average Bonchev–Trinajstić information content (AvgIpc) is 3.27. The zero-order chi connectivity index (χ0) is 33.5. The van der Waals surface area contributed by atoms with Gasteiger partial charge in [-0.1, -0.05) is 76.6 Å². The van der Waals surface area contributed by atoms with Gasteiger partial charge in [-0.15, -0.1) is 4.99 Å². The third-order valence-electron chi connectivity index (χ3n) is 7.38. The highest BCUT2D eigenvalue weighted by Gasteiger charge is 2.30. The van der Waals surface area contributed by atoms with Crippen molar-refractivity contribution < 1.29 is 14.3 Å². The van der Waals surface area contributed by atoms with Crippen LogP contribution in [0.5, 0.6) is 5.75 Å². The summed E-state index contributed by atoms with van der Waals surface area (Å²) in [5.41, 5.74) is 3.35. The highest BCUT2D eigenvalue weighted by molar-refractivity contribution is 6.30. The van der Waals surface area contributed by atoms with Gasteiger partial charge >= 0.3 is 6.09 Å². The quantitative estimate of drug-likeness (QED) is 0.0704. The molecule has 3 N–H and O–H groups in total. The molecular weight excluding hydrogens is 600 g/mol. The zero-order valence-corrected chi connectivity index (χ0v) is 28.0. The SMILES string of the molecule is CN/C(=N\C#N)NCC(C)(C)Cc1c(C(=O)CC(C)(C)C)c2cc(OC(=O)Nc3ccccc3)ccc2n1Cc1ccc(Cl)cc1. The molecule has 0 saturated carbocycles. The number of halogens is 1.